The summed E-state index contributed by atoms with van der Waals surface area (Å²) in [5.74, 6) is 0.918. The number of hydrogen-bond donors (Lipinski definition) is 1. The average Bonchev–Trinajstić information content (AvgIpc) is 2.43. The molecule has 0 aromatic carbocycles. The van der Waals surface area contributed by atoms with E-state index in [2.05, 4.69) is 9.88 Å². The van der Waals surface area contributed by atoms with Crippen molar-refractivity contribution in [1.82, 2.24) is 4.98 Å². The van der Waals surface area contributed by atoms with Gasteiger partial charge < -0.3 is 10.6 Å². The number of nitrogen functional groups attached to an aromatic ring is 1. The van der Waals surface area contributed by atoms with Crippen LogP contribution in [0, 0.1) is 0 Å². The quantitative estimate of drug-likeness (QED) is 0.748. The molecule has 0 spiro atoms. The maximum atomic E-state index is 5.89. The van der Waals surface area contributed by atoms with Crippen molar-refractivity contribution in [3.63, 3.8) is 0 Å². The number of halogens is 1. The lowest BCUT2D eigenvalue weighted by molar-refractivity contribution is 0.726. The van der Waals surface area contributed by atoms with Crippen molar-refractivity contribution < 1.29 is 0 Å². The molecule has 1 aliphatic rings. The number of nitrogens with zero attached hydrogens (tertiary/aromatic N) is 2. The molecule has 4 heteroatoms. The topological polar surface area (TPSA) is 42.1 Å². The molecular weight excluding hydrogens is 210 g/mol. The summed E-state index contributed by atoms with van der Waals surface area (Å²) in [5.41, 5.74) is 6.44. The van der Waals surface area contributed by atoms with Crippen LogP contribution < -0.4 is 10.6 Å². The van der Waals surface area contributed by atoms with Crippen molar-refractivity contribution in [3.05, 3.63) is 17.3 Å². The third-order valence-corrected chi connectivity index (χ3v) is 2.93. The molecule has 1 aromatic heterocycles. The summed E-state index contributed by atoms with van der Waals surface area (Å²) >= 11 is 5.89. The predicted molar refractivity (Wildman–Crippen MR) is 64.3 cm³/mol. The fraction of sp³-hybridized carbons (Fsp3) is 0.545. The maximum Gasteiger partial charge on any atom is 0.133 e. The van der Waals surface area contributed by atoms with Gasteiger partial charge in [0.15, 0.2) is 0 Å². The number of anilines is 2. The first-order chi connectivity index (χ1) is 7.25. The van der Waals surface area contributed by atoms with Crippen LogP contribution in [-0.2, 0) is 0 Å². The molecular formula is C11H16ClN3. The molecule has 0 unspecified atom stereocenters. The van der Waals surface area contributed by atoms with E-state index in [0.29, 0.717) is 10.8 Å². The van der Waals surface area contributed by atoms with Gasteiger partial charge in [0.1, 0.15) is 11.0 Å². The Morgan fingerprint density at radius 3 is 2.40 bits per heavy atom. The van der Waals surface area contributed by atoms with E-state index in [1.807, 2.05) is 6.07 Å². The molecule has 2 rings (SSSR count). The Morgan fingerprint density at radius 1 is 1.13 bits per heavy atom. The number of hydrogen-bond acceptors (Lipinski definition) is 3. The largest absolute Gasteiger partial charge is 0.399 e. The van der Waals surface area contributed by atoms with Crippen LogP contribution in [0.4, 0.5) is 11.5 Å². The Labute approximate surface area is 95.2 Å². The van der Waals surface area contributed by atoms with Gasteiger partial charge in [-0.2, -0.15) is 0 Å². The van der Waals surface area contributed by atoms with Crippen molar-refractivity contribution in [2.75, 3.05) is 23.7 Å². The van der Waals surface area contributed by atoms with Gasteiger partial charge >= 0.3 is 0 Å². The highest BCUT2D eigenvalue weighted by atomic mass is 35.5. The summed E-state index contributed by atoms with van der Waals surface area (Å²) in [4.78, 5) is 6.58. The molecule has 0 radical (unpaired) electrons. The zero-order chi connectivity index (χ0) is 10.7. The van der Waals surface area contributed by atoms with E-state index in [-0.39, 0.29) is 0 Å². The standard InChI is InChI=1S/C11H16ClN3/c12-10-7-9(13)8-11(14-10)15-5-3-1-2-4-6-15/h7-8H,1-6H2,(H2,13,14). The Morgan fingerprint density at radius 2 is 1.80 bits per heavy atom. The Bertz CT molecular complexity index is 312. The fourth-order valence-corrected chi connectivity index (χ4v) is 2.18. The van der Waals surface area contributed by atoms with Crippen LogP contribution in [-0.4, -0.2) is 18.1 Å². The van der Waals surface area contributed by atoms with Gasteiger partial charge in [0.05, 0.1) is 0 Å². The number of aromatic nitrogens is 1. The molecule has 1 aromatic rings. The van der Waals surface area contributed by atoms with Gasteiger partial charge in [-0.15, -0.1) is 0 Å². The van der Waals surface area contributed by atoms with Gasteiger partial charge in [-0.1, -0.05) is 24.4 Å². The lowest BCUT2D eigenvalue weighted by Gasteiger charge is -2.21. The molecule has 1 fully saturated rings. The van der Waals surface area contributed by atoms with Gasteiger partial charge in [0.25, 0.3) is 0 Å². The highest BCUT2D eigenvalue weighted by Crippen LogP contribution is 2.22. The van der Waals surface area contributed by atoms with Crippen molar-refractivity contribution >= 4 is 23.1 Å². The lowest BCUT2D eigenvalue weighted by Crippen LogP contribution is -2.24. The van der Waals surface area contributed by atoms with E-state index in [9.17, 15) is 0 Å². The Hall–Kier alpha value is -0.960. The van der Waals surface area contributed by atoms with Gasteiger partial charge in [-0.3, -0.25) is 0 Å². The summed E-state index contributed by atoms with van der Waals surface area (Å²) in [6.07, 6.45) is 5.08. The number of pyridine rings is 1. The molecule has 0 atom stereocenters. The highest BCUT2D eigenvalue weighted by Gasteiger charge is 2.11. The van der Waals surface area contributed by atoms with Gasteiger partial charge in [0, 0.05) is 24.8 Å². The average molecular weight is 226 g/mol. The smallest absolute Gasteiger partial charge is 0.133 e. The third kappa shape index (κ3) is 2.75. The Balaban J connectivity index is 2.19. The van der Waals surface area contributed by atoms with Crippen LogP contribution in [0.15, 0.2) is 12.1 Å². The SMILES string of the molecule is Nc1cc(Cl)nc(N2CCCCCC2)c1. The molecule has 1 saturated heterocycles. The number of nitrogens with two attached hydrogens (primary N) is 1. The van der Waals surface area contributed by atoms with E-state index in [1.54, 1.807) is 6.07 Å². The van der Waals surface area contributed by atoms with E-state index in [4.69, 9.17) is 17.3 Å². The molecule has 2 N–H and O–H groups in total. The third-order valence-electron chi connectivity index (χ3n) is 2.73. The summed E-state index contributed by atoms with van der Waals surface area (Å²) in [6, 6.07) is 3.58. The Kier molecular flexibility index (Phi) is 3.31. The summed E-state index contributed by atoms with van der Waals surface area (Å²) in [7, 11) is 0. The molecule has 15 heavy (non-hydrogen) atoms. The van der Waals surface area contributed by atoms with Crippen LogP contribution in [0.2, 0.25) is 5.15 Å². The molecule has 3 nitrogen and oxygen atoms in total. The molecule has 0 amide bonds. The van der Waals surface area contributed by atoms with E-state index < -0.39 is 0 Å². The first-order valence-electron chi connectivity index (χ1n) is 5.44. The van der Waals surface area contributed by atoms with E-state index in [0.717, 1.165) is 18.9 Å². The fourth-order valence-electron chi connectivity index (χ4n) is 1.96. The minimum absolute atomic E-state index is 0.481. The molecule has 0 saturated carbocycles. The summed E-state index contributed by atoms with van der Waals surface area (Å²) in [5, 5.41) is 0.481. The first-order valence-corrected chi connectivity index (χ1v) is 5.81. The van der Waals surface area contributed by atoms with E-state index >= 15 is 0 Å². The summed E-state index contributed by atoms with van der Waals surface area (Å²) < 4.78 is 0. The lowest BCUT2D eigenvalue weighted by atomic mass is 10.2. The second-order valence-electron chi connectivity index (χ2n) is 3.98. The van der Waals surface area contributed by atoms with Crippen LogP contribution >= 0.6 is 11.6 Å². The number of rotatable bonds is 1. The van der Waals surface area contributed by atoms with Gasteiger partial charge in [-0.25, -0.2) is 4.98 Å². The zero-order valence-electron chi connectivity index (χ0n) is 8.75. The van der Waals surface area contributed by atoms with Crippen LogP contribution in [0.5, 0.6) is 0 Å². The van der Waals surface area contributed by atoms with Crippen molar-refractivity contribution in [2.24, 2.45) is 0 Å². The van der Waals surface area contributed by atoms with Crippen molar-refractivity contribution in [2.45, 2.75) is 25.7 Å². The minimum atomic E-state index is 0.481. The minimum Gasteiger partial charge on any atom is -0.399 e. The van der Waals surface area contributed by atoms with Crippen LogP contribution in [0.3, 0.4) is 0 Å². The normalized spacial score (nSPS) is 17.5. The van der Waals surface area contributed by atoms with Crippen LogP contribution in [0.1, 0.15) is 25.7 Å². The van der Waals surface area contributed by atoms with Gasteiger partial charge in [-0.05, 0) is 18.9 Å². The molecule has 0 bridgehead atoms. The van der Waals surface area contributed by atoms with E-state index in [1.165, 1.54) is 25.7 Å². The predicted octanol–water partition coefficient (Wildman–Crippen LogP) is 2.70. The maximum absolute atomic E-state index is 5.89. The highest BCUT2D eigenvalue weighted by molar-refractivity contribution is 6.29. The van der Waals surface area contributed by atoms with Gasteiger partial charge in [0.2, 0.25) is 0 Å². The monoisotopic (exact) mass is 225 g/mol. The molecule has 82 valence electrons. The summed E-state index contributed by atoms with van der Waals surface area (Å²) in [6.45, 7) is 2.12. The van der Waals surface area contributed by atoms with Crippen LogP contribution in [0.25, 0.3) is 0 Å². The molecule has 1 aliphatic heterocycles. The first kappa shape index (κ1) is 10.6. The zero-order valence-corrected chi connectivity index (χ0v) is 9.50. The van der Waals surface area contributed by atoms with Crippen molar-refractivity contribution in [1.29, 1.82) is 0 Å². The van der Waals surface area contributed by atoms with Crippen molar-refractivity contribution in [3.8, 4) is 0 Å². The molecule has 0 aliphatic carbocycles. The second-order valence-corrected chi connectivity index (χ2v) is 4.37. The molecule has 2 heterocycles. The second kappa shape index (κ2) is 4.71.